The Hall–Kier alpha value is -1.13. The molecule has 2 aliphatic carbocycles. The summed E-state index contributed by atoms with van der Waals surface area (Å²) in [5, 5.41) is 8.38. The maximum Gasteiger partial charge on any atom is 0.152 e. The average molecular weight is 285 g/mol. The third-order valence-electron chi connectivity index (χ3n) is 4.86. The lowest BCUT2D eigenvalue weighted by Gasteiger charge is -2.39. The van der Waals surface area contributed by atoms with Gasteiger partial charge in [-0.3, -0.25) is 0 Å². The van der Waals surface area contributed by atoms with Crippen molar-refractivity contribution in [3.8, 4) is 17.9 Å². The Morgan fingerprint density at radius 1 is 1.00 bits per heavy atom. The summed E-state index contributed by atoms with van der Waals surface area (Å²) < 4.78 is 28.1. The van der Waals surface area contributed by atoms with Crippen molar-refractivity contribution in [1.29, 1.82) is 5.26 Å². The highest BCUT2D eigenvalue weighted by Crippen LogP contribution is 2.43. The zero-order valence-electron chi connectivity index (χ0n) is 11.9. The molecule has 4 heteroatoms. The number of nitriles is 1. The van der Waals surface area contributed by atoms with Crippen LogP contribution in [0.1, 0.15) is 46.9 Å². The van der Waals surface area contributed by atoms with Crippen LogP contribution in [-0.2, 0) is 0 Å². The van der Waals surface area contributed by atoms with Crippen LogP contribution in [0.25, 0.3) is 0 Å². The molecule has 0 aromatic heterocycles. The largest absolute Gasteiger partial charge is 0.412 e. The summed E-state index contributed by atoms with van der Waals surface area (Å²) in [7, 11) is 0. The van der Waals surface area contributed by atoms with E-state index in [0.29, 0.717) is 18.8 Å². The molecule has 2 saturated carbocycles. The summed E-state index contributed by atoms with van der Waals surface area (Å²) in [5.41, 5.74) is 0. The van der Waals surface area contributed by atoms with Crippen molar-refractivity contribution in [2.24, 2.45) is 23.7 Å². The molecule has 0 bridgehead atoms. The van der Waals surface area contributed by atoms with Crippen LogP contribution < -0.4 is 0 Å². The van der Waals surface area contributed by atoms with Gasteiger partial charge in [0.2, 0.25) is 0 Å². The lowest BCUT2D eigenvalue weighted by Crippen LogP contribution is -2.38. The molecule has 0 aliphatic heterocycles. The smallest absolute Gasteiger partial charge is 0.152 e. The van der Waals surface area contributed by atoms with Crippen molar-refractivity contribution >= 4 is 0 Å². The molecule has 2 aliphatic rings. The second-order valence-electron chi connectivity index (χ2n) is 6.19. The Morgan fingerprint density at radius 3 is 2.05 bits per heavy atom. The van der Waals surface area contributed by atoms with Gasteiger partial charge in [0.1, 0.15) is 12.3 Å². The fourth-order valence-corrected chi connectivity index (χ4v) is 3.63. The minimum Gasteiger partial charge on any atom is -0.412 e. The van der Waals surface area contributed by atoms with Gasteiger partial charge in [0.05, 0.1) is 5.92 Å². The van der Waals surface area contributed by atoms with Crippen molar-refractivity contribution in [1.82, 2.24) is 0 Å². The number of halogens is 2. The van der Waals surface area contributed by atoms with E-state index in [1.807, 2.05) is 0 Å². The van der Waals surface area contributed by atoms with Gasteiger partial charge in [0, 0.05) is 7.35 Å². The van der Waals surface area contributed by atoms with Gasteiger partial charge >= 0.3 is 0 Å². The van der Waals surface area contributed by atoms with E-state index in [9.17, 15) is 8.78 Å². The Labute approximate surface area is 121 Å². The molecule has 20 heavy (non-hydrogen) atoms. The molecule has 0 amide bonds. The Morgan fingerprint density at radius 2 is 1.55 bits per heavy atom. The summed E-state index contributed by atoms with van der Waals surface area (Å²) in [5.74, 6) is 5.11. The second kappa shape index (κ2) is 7.60. The molecule has 114 valence electrons. The fourth-order valence-electron chi connectivity index (χ4n) is 3.63. The molecular formula is C16H25F2NO. The van der Waals surface area contributed by atoms with E-state index in [2.05, 4.69) is 18.8 Å². The van der Waals surface area contributed by atoms with Gasteiger partial charge in [-0.15, -0.1) is 0 Å². The molecule has 0 radical (unpaired) electrons. The van der Waals surface area contributed by atoms with Crippen molar-refractivity contribution in [3.05, 3.63) is 0 Å². The third-order valence-corrected chi connectivity index (χ3v) is 4.86. The zero-order chi connectivity index (χ0) is 13.8. The molecule has 0 spiro atoms. The standard InChI is InChI=1S/C16H21F2N.H2O.H2/c1-11-4-6-12(7-5-11)13-9-15(17)14(3-2-8-19)16(18)10-13;;/h11-16H,4-7,9-10H2,1H3;1H2;1H. The molecule has 2 nitrogen and oxygen atoms in total. The zero-order valence-corrected chi connectivity index (χ0v) is 11.9. The second-order valence-corrected chi connectivity index (χ2v) is 6.19. The maximum absolute atomic E-state index is 14.1. The highest BCUT2D eigenvalue weighted by molar-refractivity contribution is 5.21. The van der Waals surface area contributed by atoms with Crippen molar-refractivity contribution < 1.29 is 15.7 Å². The molecule has 0 aromatic rings. The number of nitrogens with zero attached hydrogens (tertiary/aromatic N) is 1. The molecule has 2 fully saturated rings. The van der Waals surface area contributed by atoms with Gasteiger partial charge in [-0.1, -0.05) is 25.7 Å². The molecule has 0 aromatic carbocycles. The average Bonchev–Trinajstić information content (AvgIpc) is 2.38. The van der Waals surface area contributed by atoms with Crippen molar-refractivity contribution in [2.45, 2.75) is 57.8 Å². The van der Waals surface area contributed by atoms with Crippen LogP contribution in [0.2, 0.25) is 0 Å². The Bertz CT molecular complexity index is 395. The number of hydrogen-bond acceptors (Lipinski definition) is 1. The van der Waals surface area contributed by atoms with E-state index in [1.165, 1.54) is 12.8 Å². The van der Waals surface area contributed by atoms with Gasteiger partial charge in [-0.25, -0.2) is 8.78 Å². The molecule has 2 rings (SSSR count). The quantitative estimate of drug-likeness (QED) is 0.681. The normalized spacial score (nSPS) is 40.7. The first-order valence-electron chi connectivity index (χ1n) is 7.29. The third kappa shape index (κ3) is 3.93. The van der Waals surface area contributed by atoms with Gasteiger partial charge in [-0.05, 0) is 43.4 Å². The topological polar surface area (TPSA) is 55.3 Å². The summed E-state index contributed by atoms with van der Waals surface area (Å²) >= 11 is 0. The van der Waals surface area contributed by atoms with Crippen LogP contribution in [0.15, 0.2) is 0 Å². The van der Waals surface area contributed by atoms with Crippen LogP contribution >= 0.6 is 0 Å². The molecule has 2 atom stereocenters. The van der Waals surface area contributed by atoms with Crippen LogP contribution in [0.3, 0.4) is 0 Å². The van der Waals surface area contributed by atoms with E-state index in [1.54, 1.807) is 6.07 Å². The van der Waals surface area contributed by atoms with E-state index in [0.717, 1.165) is 18.8 Å². The number of alkyl halides is 2. The summed E-state index contributed by atoms with van der Waals surface area (Å²) in [4.78, 5) is 0. The van der Waals surface area contributed by atoms with E-state index >= 15 is 0 Å². The monoisotopic (exact) mass is 285 g/mol. The lowest BCUT2D eigenvalue weighted by molar-refractivity contribution is 0.0396. The number of rotatable bonds is 1. The maximum atomic E-state index is 14.1. The Kier molecular flexibility index (Phi) is 6.43. The molecule has 2 N–H and O–H groups in total. The highest BCUT2D eigenvalue weighted by atomic mass is 19.1. The van der Waals surface area contributed by atoms with Gasteiger partial charge < -0.3 is 5.48 Å². The first kappa shape index (κ1) is 16.9. The molecule has 0 saturated heterocycles. The Balaban J connectivity index is 0.00000200. The number of hydrogen-bond donors (Lipinski definition) is 0. The van der Waals surface area contributed by atoms with E-state index in [4.69, 9.17) is 5.26 Å². The molecular weight excluding hydrogens is 260 g/mol. The van der Waals surface area contributed by atoms with Crippen LogP contribution in [0.4, 0.5) is 8.78 Å². The van der Waals surface area contributed by atoms with E-state index in [-0.39, 0.29) is 12.8 Å². The van der Waals surface area contributed by atoms with E-state index < -0.39 is 18.3 Å². The predicted molar refractivity (Wildman–Crippen MR) is 76.2 cm³/mol. The summed E-state index contributed by atoms with van der Waals surface area (Å²) in [6, 6.07) is 1.64. The van der Waals surface area contributed by atoms with Crippen LogP contribution in [-0.4, -0.2) is 17.8 Å². The summed E-state index contributed by atoms with van der Waals surface area (Å²) in [6.45, 7) is 2.25. The lowest BCUT2D eigenvalue weighted by atomic mass is 9.68. The van der Waals surface area contributed by atoms with Crippen molar-refractivity contribution in [2.75, 3.05) is 0 Å². The first-order chi connectivity index (χ1) is 9.11. The van der Waals surface area contributed by atoms with Crippen LogP contribution in [0.5, 0.6) is 0 Å². The van der Waals surface area contributed by atoms with Gasteiger partial charge in [0.25, 0.3) is 0 Å². The summed E-state index contributed by atoms with van der Waals surface area (Å²) in [6.07, 6.45) is 3.01. The highest BCUT2D eigenvalue weighted by Gasteiger charge is 2.40. The molecule has 2 unspecified atom stereocenters. The minimum atomic E-state index is -1.21. The van der Waals surface area contributed by atoms with Crippen LogP contribution in [0, 0.1) is 46.8 Å². The van der Waals surface area contributed by atoms with Gasteiger partial charge in [0.15, 0.2) is 6.07 Å². The van der Waals surface area contributed by atoms with Gasteiger partial charge in [-0.2, -0.15) is 5.26 Å². The fraction of sp³-hybridized carbons (Fsp3) is 0.812. The predicted octanol–water partition coefficient (Wildman–Crippen LogP) is 3.46. The SMILES string of the molecule is CC1CCC(C2CC(F)C(C#CC#N)C(F)C2)CC1.O.[HH]. The molecule has 0 heterocycles. The first-order valence-corrected chi connectivity index (χ1v) is 7.29. The minimum absolute atomic E-state index is 0. The van der Waals surface area contributed by atoms with Crippen molar-refractivity contribution in [3.63, 3.8) is 0 Å².